The number of phenols is 1. The van der Waals surface area contributed by atoms with Crippen molar-refractivity contribution in [2.75, 3.05) is 14.2 Å². The smallest absolute Gasteiger partial charge is 0.255 e. The Hall–Kier alpha value is -4.60. The van der Waals surface area contributed by atoms with E-state index >= 15 is 0 Å². The van der Waals surface area contributed by atoms with E-state index in [1.54, 1.807) is 12.1 Å². The van der Waals surface area contributed by atoms with Crippen LogP contribution in [0.3, 0.4) is 0 Å². The van der Waals surface area contributed by atoms with Crippen molar-refractivity contribution in [3.63, 3.8) is 0 Å². The lowest BCUT2D eigenvalue weighted by molar-refractivity contribution is -0.126. The largest absolute Gasteiger partial charge is 0.511 e. The number of benzene rings is 2. The summed E-state index contributed by atoms with van der Waals surface area (Å²) >= 11 is 0. The maximum Gasteiger partial charge on any atom is 0.255 e. The van der Waals surface area contributed by atoms with Gasteiger partial charge in [0.05, 0.1) is 24.8 Å². The molecule has 3 atom stereocenters. The summed E-state index contributed by atoms with van der Waals surface area (Å²) in [4.78, 5) is 43.3. The normalized spacial score (nSPS) is 22.7. The molecule has 0 heterocycles. The van der Waals surface area contributed by atoms with Gasteiger partial charge >= 0.3 is 0 Å². The summed E-state index contributed by atoms with van der Waals surface area (Å²) in [6, 6.07) is 8.55. The number of nitrogens with zero attached hydrogens (tertiary/aromatic N) is 1. The number of phenolic OH excluding ortho intramolecular Hbond substituents is 1. The van der Waals surface area contributed by atoms with Crippen LogP contribution in [-0.4, -0.2) is 53.2 Å². The van der Waals surface area contributed by atoms with Gasteiger partial charge in [-0.05, 0) is 59.6 Å². The van der Waals surface area contributed by atoms with Gasteiger partial charge in [-0.1, -0.05) is 17.3 Å². The fourth-order valence-electron chi connectivity index (χ4n) is 6.02. The lowest BCUT2D eigenvalue weighted by atomic mass is 9.62. The van der Waals surface area contributed by atoms with Gasteiger partial charge in [-0.3, -0.25) is 14.4 Å². The molecule has 0 fully saturated rings. The van der Waals surface area contributed by atoms with Crippen LogP contribution in [0.1, 0.15) is 34.3 Å². The molecule has 2 aromatic rings. The molecule has 0 saturated heterocycles. The zero-order valence-electron chi connectivity index (χ0n) is 20.7. The fraction of sp³-hybridized carbons (Fsp3) is 0.286. The molecule has 10 nitrogen and oxygen atoms in total. The molecule has 3 unspecified atom stereocenters. The fourth-order valence-corrected chi connectivity index (χ4v) is 6.02. The van der Waals surface area contributed by atoms with E-state index in [0.717, 1.165) is 5.56 Å². The van der Waals surface area contributed by atoms with Crippen LogP contribution in [0.4, 0.5) is 0 Å². The summed E-state index contributed by atoms with van der Waals surface area (Å²) in [5.41, 5.74) is 7.55. The number of rotatable bonds is 5. The Balaban J connectivity index is 1.62. The SMILES string of the molecule is CO/N=C/c1cc(-c2ccc(O)c3c2CC2CC4CC(O)=C(C(N)=O)C(=O)C4C(O)=C2C3=O)ccc1OC. The number of amides is 1. The molecule has 3 aliphatic carbocycles. The second-order valence-electron chi connectivity index (χ2n) is 9.62. The maximum absolute atomic E-state index is 13.7. The molecule has 0 radical (unpaired) electrons. The van der Waals surface area contributed by atoms with Crippen LogP contribution in [0.25, 0.3) is 11.1 Å². The number of ketones is 2. The number of Topliss-reactive ketones (excluding diaryl/α,β-unsaturated/α-hetero) is 2. The average molecular weight is 519 g/mol. The third-order valence-corrected chi connectivity index (χ3v) is 7.61. The van der Waals surface area contributed by atoms with Crippen molar-refractivity contribution in [1.29, 1.82) is 0 Å². The molecule has 3 aliphatic rings. The van der Waals surface area contributed by atoms with Crippen molar-refractivity contribution in [1.82, 2.24) is 0 Å². The van der Waals surface area contributed by atoms with Crippen LogP contribution >= 0.6 is 0 Å². The predicted molar refractivity (Wildman–Crippen MR) is 136 cm³/mol. The number of carbonyl (C=O) groups is 3. The highest BCUT2D eigenvalue weighted by molar-refractivity contribution is 6.22. The monoisotopic (exact) mass is 518 g/mol. The molecule has 0 aliphatic heterocycles. The Morgan fingerprint density at radius 1 is 1.11 bits per heavy atom. The minimum absolute atomic E-state index is 0.0167. The van der Waals surface area contributed by atoms with Crippen LogP contribution in [0, 0.1) is 17.8 Å². The second-order valence-corrected chi connectivity index (χ2v) is 9.62. The molecular weight excluding hydrogens is 492 g/mol. The summed E-state index contributed by atoms with van der Waals surface area (Å²) in [6.07, 6.45) is 2.11. The second kappa shape index (κ2) is 9.37. The van der Waals surface area contributed by atoms with Gasteiger partial charge < -0.3 is 30.6 Å². The lowest BCUT2D eigenvalue weighted by Gasteiger charge is -2.41. The molecule has 0 bridgehead atoms. The number of aromatic hydroxyl groups is 1. The number of nitrogens with two attached hydrogens (primary N) is 1. The summed E-state index contributed by atoms with van der Waals surface area (Å²) < 4.78 is 5.40. The van der Waals surface area contributed by atoms with Gasteiger partial charge in [0.2, 0.25) is 0 Å². The van der Waals surface area contributed by atoms with Crippen LogP contribution < -0.4 is 10.5 Å². The number of fused-ring (bicyclic) bond motifs is 3. The van der Waals surface area contributed by atoms with Crippen molar-refractivity contribution < 1.29 is 39.3 Å². The number of allylic oxidation sites excluding steroid dienone is 3. The Kier molecular flexibility index (Phi) is 6.18. The molecule has 38 heavy (non-hydrogen) atoms. The first-order valence-corrected chi connectivity index (χ1v) is 12.0. The maximum atomic E-state index is 13.7. The zero-order chi connectivity index (χ0) is 27.3. The summed E-state index contributed by atoms with van der Waals surface area (Å²) in [6.45, 7) is 0. The van der Waals surface area contributed by atoms with Crippen molar-refractivity contribution in [3.05, 3.63) is 69.7 Å². The summed E-state index contributed by atoms with van der Waals surface area (Å²) in [7, 11) is 2.96. The first-order chi connectivity index (χ1) is 18.2. The van der Waals surface area contributed by atoms with Gasteiger partial charge in [0.1, 0.15) is 35.7 Å². The van der Waals surface area contributed by atoms with Crippen LogP contribution in [0.15, 0.2) is 58.2 Å². The molecule has 5 rings (SSSR count). The molecule has 0 saturated carbocycles. The van der Waals surface area contributed by atoms with Gasteiger partial charge in [0, 0.05) is 17.6 Å². The number of hydrogen-bond acceptors (Lipinski definition) is 9. The number of aliphatic hydroxyl groups is 2. The Labute approximate surface area is 217 Å². The van der Waals surface area contributed by atoms with E-state index in [-0.39, 0.29) is 23.3 Å². The number of oxime groups is 1. The molecular formula is C28H26N2O8. The van der Waals surface area contributed by atoms with E-state index in [4.69, 9.17) is 15.3 Å². The van der Waals surface area contributed by atoms with Gasteiger partial charge in [0.15, 0.2) is 11.6 Å². The highest BCUT2D eigenvalue weighted by Crippen LogP contribution is 2.50. The number of carbonyl (C=O) groups excluding carboxylic acids is 3. The number of primary amides is 1. The summed E-state index contributed by atoms with van der Waals surface area (Å²) in [5.74, 6) is -5.07. The van der Waals surface area contributed by atoms with Crippen LogP contribution in [0.5, 0.6) is 11.5 Å². The third-order valence-electron chi connectivity index (χ3n) is 7.61. The van der Waals surface area contributed by atoms with Crippen LogP contribution in [0.2, 0.25) is 0 Å². The predicted octanol–water partition coefficient (Wildman–Crippen LogP) is 3.12. The Bertz CT molecular complexity index is 1490. The molecule has 0 aromatic heterocycles. The minimum Gasteiger partial charge on any atom is -0.511 e. The highest BCUT2D eigenvalue weighted by Gasteiger charge is 2.50. The molecule has 0 spiro atoms. The van der Waals surface area contributed by atoms with Crippen molar-refractivity contribution in [3.8, 4) is 22.6 Å². The summed E-state index contributed by atoms with van der Waals surface area (Å²) in [5, 5.41) is 36.0. The third kappa shape index (κ3) is 3.80. The highest BCUT2D eigenvalue weighted by atomic mass is 16.6. The van der Waals surface area contributed by atoms with Gasteiger partial charge in [-0.25, -0.2) is 0 Å². The first kappa shape index (κ1) is 25.1. The van der Waals surface area contributed by atoms with E-state index in [9.17, 15) is 29.7 Å². The molecule has 1 amide bonds. The van der Waals surface area contributed by atoms with Crippen molar-refractivity contribution in [2.45, 2.75) is 19.3 Å². The number of ether oxygens (including phenoxy) is 1. The van der Waals surface area contributed by atoms with E-state index in [1.165, 1.54) is 26.5 Å². The van der Waals surface area contributed by atoms with E-state index in [2.05, 4.69) is 5.16 Å². The van der Waals surface area contributed by atoms with Gasteiger partial charge in [0.25, 0.3) is 5.91 Å². The zero-order valence-corrected chi connectivity index (χ0v) is 20.7. The van der Waals surface area contributed by atoms with Crippen molar-refractivity contribution >= 4 is 23.7 Å². The van der Waals surface area contributed by atoms with Crippen LogP contribution in [-0.2, 0) is 20.8 Å². The molecule has 196 valence electrons. The van der Waals surface area contributed by atoms with E-state index in [1.807, 2.05) is 12.1 Å². The Morgan fingerprint density at radius 3 is 2.55 bits per heavy atom. The van der Waals surface area contributed by atoms with Crippen molar-refractivity contribution in [2.24, 2.45) is 28.6 Å². The lowest BCUT2D eigenvalue weighted by Crippen LogP contribution is -2.43. The van der Waals surface area contributed by atoms with E-state index < -0.39 is 52.3 Å². The molecule has 5 N–H and O–H groups in total. The van der Waals surface area contributed by atoms with Gasteiger partial charge in [-0.2, -0.15) is 0 Å². The van der Waals surface area contributed by atoms with E-state index in [0.29, 0.717) is 35.3 Å². The number of hydrogen-bond donors (Lipinski definition) is 4. The molecule has 10 heteroatoms. The molecule has 2 aromatic carbocycles. The minimum atomic E-state index is -1.15. The quantitative estimate of drug-likeness (QED) is 0.266. The topological polar surface area (TPSA) is 169 Å². The average Bonchev–Trinajstić information content (AvgIpc) is 2.86. The Morgan fingerprint density at radius 2 is 1.87 bits per heavy atom. The first-order valence-electron chi connectivity index (χ1n) is 12.0. The number of methoxy groups -OCH3 is 1. The number of aliphatic hydroxyl groups excluding tert-OH is 2. The standard InChI is InChI=1S/C28H26N2O8/c1-37-20-6-3-12(7-15(20)11-30-38-2)16-4-5-18(31)23-17(16)9-13-8-14-10-19(32)24(28(29)36)27(35)22(14)25(33)21(13)26(23)34/h3-7,11,13-14,22,31-33H,8-10H2,1-2H3,(H2,29,36)/b30-11+. The van der Waals surface area contributed by atoms with Gasteiger partial charge in [-0.15, -0.1) is 0 Å².